The Bertz CT molecular complexity index is 860. The summed E-state index contributed by atoms with van der Waals surface area (Å²) in [6.07, 6.45) is 2.31. The molecule has 0 radical (unpaired) electrons. The Labute approximate surface area is 162 Å². The lowest BCUT2D eigenvalue weighted by Crippen LogP contribution is -2.31. The lowest BCUT2D eigenvalue weighted by Gasteiger charge is -2.24. The Morgan fingerprint density at radius 1 is 1.19 bits per heavy atom. The van der Waals surface area contributed by atoms with Crippen LogP contribution in [0.15, 0.2) is 65.2 Å². The molecule has 2 atom stereocenters. The number of hydrogen-bond donors (Lipinski definition) is 0. The molecule has 1 aliphatic carbocycles. The van der Waals surface area contributed by atoms with Crippen molar-refractivity contribution in [1.82, 2.24) is 0 Å². The van der Waals surface area contributed by atoms with Crippen LogP contribution in [0.1, 0.15) is 24.0 Å². The number of carbonyl (C=O) groups is 1. The minimum absolute atomic E-state index is 0.0680. The first-order valence-corrected chi connectivity index (χ1v) is 9.64. The summed E-state index contributed by atoms with van der Waals surface area (Å²) in [5.41, 5.74) is 2.94. The second-order valence-corrected chi connectivity index (χ2v) is 8.24. The molecule has 4 rings (SSSR count). The van der Waals surface area contributed by atoms with Gasteiger partial charge in [-0.3, -0.25) is 4.79 Å². The van der Waals surface area contributed by atoms with Gasteiger partial charge in [-0.2, -0.15) is 0 Å². The van der Waals surface area contributed by atoms with Crippen LogP contribution in [-0.2, 0) is 22.6 Å². The third-order valence-corrected chi connectivity index (χ3v) is 5.91. The molecule has 0 spiro atoms. The number of allylic oxidation sites excluding steroid dienone is 1. The van der Waals surface area contributed by atoms with Crippen molar-refractivity contribution in [3.05, 3.63) is 76.3 Å². The van der Waals surface area contributed by atoms with Crippen molar-refractivity contribution >= 4 is 21.9 Å². The molecule has 134 valence electrons. The van der Waals surface area contributed by atoms with Crippen molar-refractivity contribution in [3.63, 3.8) is 0 Å². The Balaban J connectivity index is 1.49. The molecule has 2 unspecified atom stereocenters. The summed E-state index contributed by atoms with van der Waals surface area (Å²) in [6.45, 7) is 5.14. The number of fused-ring (bicyclic) bond motifs is 1. The fraction of sp³-hybridized carbons (Fsp3) is 0.318. The van der Waals surface area contributed by atoms with Gasteiger partial charge in [-0.25, -0.2) is 0 Å². The number of rotatable bonds is 5. The quantitative estimate of drug-likeness (QED) is 0.507. The van der Waals surface area contributed by atoms with Crippen LogP contribution in [0.2, 0.25) is 0 Å². The second kappa shape index (κ2) is 6.92. The maximum absolute atomic E-state index is 12.5. The third-order valence-electron chi connectivity index (χ3n) is 5.42. The molecule has 2 fully saturated rings. The molecule has 0 aromatic heterocycles. The standard InChI is InChI=1S/C22H21BrO3/c1-15-8-18-14-26-21(24)22(18,11-15)12-16-4-3-7-20(10-16)25-13-17-5-2-6-19(23)9-17/h2-7,9-10,18H,1,8,11-14H2. The molecule has 1 saturated carbocycles. The van der Waals surface area contributed by atoms with E-state index in [0.29, 0.717) is 19.6 Å². The smallest absolute Gasteiger partial charge is 0.313 e. The molecule has 2 aromatic rings. The molecular formula is C22H21BrO3. The summed E-state index contributed by atoms with van der Waals surface area (Å²) in [4.78, 5) is 12.5. The van der Waals surface area contributed by atoms with Crippen molar-refractivity contribution in [3.8, 4) is 5.75 Å². The van der Waals surface area contributed by atoms with E-state index in [0.717, 1.165) is 39.8 Å². The normalized spacial score (nSPS) is 24.4. The average Bonchev–Trinajstić information content (AvgIpc) is 3.08. The van der Waals surface area contributed by atoms with Crippen LogP contribution in [0.3, 0.4) is 0 Å². The van der Waals surface area contributed by atoms with E-state index < -0.39 is 5.41 Å². The number of halogens is 1. The summed E-state index contributed by atoms with van der Waals surface area (Å²) in [6, 6.07) is 16.1. The highest BCUT2D eigenvalue weighted by Crippen LogP contribution is 2.52. The molecular weight excluding hydrogens is 392 g/mol. The summed E-state index contributed by atoms with van der Waals surface area (Å²) < 4.78 is 12.4. The first-order chi connectivity index (χ1) is 12.5. The lowest BCUT2D eigenvalue weighted by molar-refractivity contribution is -0.146. The van der Waals surface area contributed by atoms with E-state index in [-0.39, 0.29) is 11.9 Å². The lowest BCUT2D eigenvalue weighted by atomic mass is 9.75. The van der Waals surface area contributed by atoms with Crippen molar-refractivity contribution < 1.29 is 14.3 Å². The van der Waals surface area contributed by atoms with E-state index in [9.17, 15) is 4.79 Å². The molecule has 0 amide bonds. The fourth-order valence-electron chi connectivity index (χ4n) is 4.17. The Morgan fingerprint density at radius 3 is 2.85 bits per heavy atom. The zero-order chi connectivity index (χ0) is 18.1. The highest BCUT2D eigenvalue weighted by atomic mass is 79.9. The molecule has 1 saturated heterocycles. The highest BCUT2D eigenvalue weighted by molar-refractivity contribution is 9.10. The first-order valence-electron chi connectivity index (χ1n) is 8.85. The third kappa shape index (κ3) is 3.30. The minimum atomic E-state index is -0.431. The van der Waals surface area contributed by atoms with Gasteiger partial charge in [0.15, 0.2) is 0 Å². The van der Waals surface area contributed by atoms with E-state index >= 15 is 0 Å². The summed E-state index contributed by atoms with van der Waals surface area (Å²) in [7, 11) is 0. The predicted molar refractivity (Wildman–Crippen MR) is 104 cm³/mol. The van der Waals surface area contributed by atoms with Crippen LogP contribution in [0, 0.1) is 11.3 Å². The molecule has 0 N–H and O–H groups in total. The first kappa shape index (κ1) is 17.3. The van der Waals surface area contributed by atoms with Crippen molar-refractivity contribution in [2.75, 3.05) is 6.61 Å². The number of hydrogen-bond acceptors (Lipinski definition) is 3. The van der Waals surface area contributed by atoms with Crippen molar-refractivity contribution in [2.45, 2.75) is 25.9 Å². The molecule has 2 aliphatic rings. The SMILES string of the molecule is C=C1CC2COC(=O)C2(Cc2cccc(OCc3cccc(Br)c3)c2)C1. The van der Waals surface area contributed by atoms with Crippen LogP contribution in [-0.4, -0.2) is 12.6 Å². The van der Waals surface area contributed by atoms with Crippen LogP contribution in [0.4, 0.5) is 0 Å². The van der Waals surface area contributed by atoms with Gasteiger partial charge in [0, 0.05) is 10.4 Å². The zero-order valence-corrected chi connectivity index (χ0v) is 16.1. The highest BCUT2D eigenvalue weighted by Gasteiger charge is 2.55. The van der Waals surface area contributed by atoms with Gasteiger partial charge in [0.25, 0.3) is 0 Å². The van der Waals surface area contributed by atoms with Crippen LogP contribution < -0.4 is 4.74 Å². The molecule has 1 heterocycles. The maximum atomic E-state index is 12.5. The van der Waals surface area contributed by atoms with Crippen molar-refractivity contribution in [1.29, 1.82) is 0 Å². The Hall–Kier alpha value is -2.07. The van der Waals surface area contributed by atoms with Gasteiger partial charge in [0.1, 0.15) is 12.4 Å². The van der Waals surface area contributed by atoms with Gasteiger partial charge in [0.2, 0.25) is 0 Å². The molecule has 1 aliphatic heterocycles. The molecule has 0 bridgehead atoms. The van der Waals surface area contributed by atoms with Gasteiger partial charge in [-0.1, -0.05) is 52.3 Å². The molecule has 2 aromatic carbocycles. The maximum Gasteiger partial charge on any atom is 0.313 e. The van der Waals surface area contributed by atoms with E-state index in [1.807, 2.05) is 42.5 Å². The van der Waals surface area contributed by atoms with E-state index in [1.54, 1.807) is 0 Å². The van der Waals surface area contributed by atoms with Gasteiger partial charge in [0.05, 0.1) is 12.0 Å². The van der Waals surface area contributed by atoms with Crippen molar-refractivity contribution in [2.24, 2.45) is 11.3 Å². The van der Waals surface area contributed by atoms with Crippen LogP contribution >= 0.6 is 15.9 Å². The topological polar surface area (TPSA) is 35.5 Å². The van der Waals surface area contributed by atoms with E-state index in [4.69, 9.17) is 9.47 Å². The number of cyclic esters (lactones) is 1. The number of esters is 1. The summed E-state index contributed by atoms with van der Waals surface area (Å²) in [5.74, 6) is 1.01. The van der Waals surface area contributed by atoms with Gasteiger partial charge >= 0.3 is 5.97 Å². The Morgan fingerprint density at radius 2 is 2.00 bits per heavy atom. The number of carbonyl (C=O) groups excluding carboxylic acids is 1. The second-order valence-electron chi connectivity index (χ2n) is 7.33. The van der Waals surface area contributed by atoms with E-state index in [1.165, 1.54) is 0 Å². The van der Waals surface area contributed by atoms with Gasteiger partial charge < -0.3 is 9.47 Å². The van der Waals surface area contributed by atoms with Gasteiger partial charge in [-0.15, -0.1) is 0 Å². The van der Waals surface area contributed by atoms with Crippen LogP contribution in [0.5, 0.6) is 5.75 Å². The fourth-order valence-corrected chi connectivity index (χ4v) is 4.61. The summed E-state index contributed by atoms with van der Waals surface area (Å²) >= 11 is 3.48. The summed E-state index contributed by atoms with van der Waals surface area (Å²) in [5, 5.41) is 0. The predicted octanol–water partition coefficient (Wildman–Crippen LogP) is 5.08. The zero-order valence-electron chi connectivity index (χ0n) is 14.5. The monoisotopic (exact) mass is 412 g/mol. The molecule has 3 nitrogen and oxygen atoms in total. The minimum Gasteiger partial charge on any atom is -0.489 e. The van der Waals surface area contributed by atoms with E-state index in [2.05, 4.69) is 28.6 Å². The Kier molecular flexibility index (Phi) is 4.62. The largest absolute Gasteiger partial charge is 0.489 e. The number of benzene rings is 2. The number of ether oxygens (including phenoxy) is 2. The van der Waals surface area contributed by atoms with Gasteiger partial charge in [-0.05, 0) is 54.7 Å². The molecule has 4 heteroatoms. The average molecular weight is 413 g/mol. The molecule has 26 heavy (non-hydrogen) atoms. The van der Waals surface area contributed by atoms with Crippen LogP contribution in [0.25, 0.3) is 0 Å².